The second-order valence-electron chi connectivity index (χ2n) is 10.8. The molecule has 5 atom stereocenters. The Kier molecular flexibility index (Phi) is 12.5. The maximum Gasteiger partial charge on any atom is 0.306 e. The number of carboxylic acid groups (broad SMARTS) is 1. The Balaban J connectivity index is 2.54. The van der Waals surface area contributed by atoms with Gasteiger partial charge in [-0.2, -0.15) is 0 Å². The number of Topliss-reactive ketones (excluding diaryl/α,β-unsaturated/α-hetero) is 1. The van der Waals surface area contributed by atoms with Crippen LogP contribution in [0.4, 0.5) is 0 Å². The van der Waals surface area contributed by atoms with Gasteiger partial charge < -0.3 is 15.9 Å². The number of aliphatic hydroxyl groups is 1. The van der Waals surface area contributed by atoms with E-state index in [0.29, 0.717) is 5.92 Å². The van der Waals surface area contributed by atoms with Crippen molar-refractivity contribution >= 4 is 29.2 Å². The average Bonchev–Trinajstić information content (AvgIpc) is 3.19. The van der Waals surface area contributed by atoms with Gasteiger partial charge in [-0.15, -0.1) is 11.3 Å². The zero-order valence-corrected chi connectivity index (χ0v) is 23.6. The molecule has 6 nitrogen and oxygen atoms in total. The van der Waals surface area contributed by atoms with Gasteiger partial charge in [-0.1, -0.05) is 58.3 Å². The molecular formula is C28H46N2O4S. The lowest BCUT2D eigenvalue weighted by Gasteiger charge is -2.34. The fourth-order valence-corrected chi connectivity index (χ4v) is 4.84. The van der Waals surface area contributed by atoms with Crippen LogP contribution in [0.1, 0.15) is 91.3 Å². The molecule has 7 heteroatoms. The van der Waals surface area contributed by atoms with Crippen LogP contribution in [-0.2, 0) is 9.59 Å². The van der Waals surface area contributed by atoms with Crippen LogP contribution in [0.5, 0.6) is 0 Å². The van der Waals surface area contributed by atoms with E-state index in [1.54, 1.807) is 25.2 Å². The molecule has 0 aliphatic heterocycles. The minimum absolute atomic E-state index is 0.0300. The summed E-state index contributed by atoms with van der Waals surface area (Å²) in [5.74, 6) is -0.958. The molecule has 0 amide bonds. The Bertz CT molecular complexity index is 903. The number of hydrogen-bond acceptors (Lipinski definition) is 6. The van der Waals surface area contributed by atoms with E-state index in [0.717, 1.165) is 42.0 Å². The maximum absolute atomic E-state index is 13.1. The van der Waals surface area contributed by atoms with E-state index in [1.807, 2.05) is 19.2 Å². The van der Waals surface area contributed by atoms with Crippen molar-refractivity contribution in [3.05, 3.63) is 33.3 Å². The van der Waals surface area contributed by atoms with Crippen LogP contribution in [0.15, 0.2) is 22.6 Å². The Hall–Kier alpha value is -1.83. The summed E-state index contributed by atoms with van der Waals surface area (Å²) < 4.78 is 0. The zero-order chi connectivity index (χ0) is 26.9. The summed E-state index contributed by atoms with van der Waals surface area (Å²) in [6, 6.07) is -0.0300. The molecule has 0 spiro atoms. The molecule has 4 N–H and O–H groups in total. The Morgan fingerprint density at radius 1 is 1.23 bits per heavy atom. The summed E-state index contributed by atoms with van der Waals surface area (Å²) in [5, 5.41) is 22.3. The number of aliphatic hydroxyl groups excluding tert-OH is 1. The van der Waals surface area contributed by atoms with E-state index < -0.39 is 23.9 Å². The fraction of sp³-hybridized carbons (Fsp3) is 0.679. The van der Waals surface area contributed by atoms with E-state index in [9.17, 15) is 14.7 Å². The lowest BCUT2D eigenvalue weighted by Crippen LogP contribution is -2.43. The Labute approximate surface area is 215 Å². The quantitative estimate of drug-likeness (QED) is 0.250. The van der Waals surface area contributed by atoms with Crippen LogP contribution in [0.25, 0.3) is 6.08 Å². The highest BCUT2D eigenvalue weighted by Crippen LogP contribution is 2.34. The highest BCUT2D eigenvalue weighted by Gasteiger charge is 2.41. The van der Waals surface area contributed by atoms with Crippen molar-refractivity contribution in [3.63, 3.8) is 0 Å². The van der Waals surface area contributed by atoms with Crippen LogP contribution in [-0.4, -0.2) is 39.1 Å². The van der Waals surface area contributed by atoms with Crippen molar-refractivity contribution in [3.8, 4) is 0 Å². The molecule has 0 saturated heterocycles. The molecule has 0 aliphatic carbocycles. The highest BCUT2D eigenvalue weighted by atomic mass is 32.1. The number of carbonyl (C=O) groups excluding carboxylic acids is 1. The second-order valence-corrected chi connectivity index (χ2v) is 11.9. The normalized spacial score (nSPS) is 17.5. The monoisotopic (exact) mass is 506 g/mol. The van der Waals surface area contributed by atoms with Gasteiger partial charge in [-0.25, -0.2) is 4.98 Å². The first-order chi connectivity index (χ1) is 16.2. The predicted molar refractivity (Wildman–Crippen MR) is 145 cm³/mol. The molecule has 1 aromatic heterocycles. The van der Waals surface area contributed by atoms with Gasteiger partial charge in [0, 0.05) is 17.3 Å². The van der Waals surface area contributed by atoms with Crippen LogP contribution in [0, 0.1) is 30.1 Å². The molecule has 0 aromatic carbocycles. The van der Waals surface area contributed by atoms with Gasteiger partial charge in [0.05, 0.1) is 28.6 Å². The van der Waals surface area contributed by atoms with Gasteiger partial charge in [-0.05, 0) is 57.9 Å². The Morgan fingerprint density at radius 2 is 1.86 bits per heavy atom. The van der Waals surface area contributed by atoms with Gasteiger partial charge in [0.25, 0.3) is 0 Å². The maximum atomic E-state index is 13.1. The van der Waals surface area contributed by atoms with E-state index >= 15 is 0 Å². The molecule has 0 radical (unpaired) electrons. The molecule has 1 aromatic rings. The summed E-state index contributed by atoms with van der Waals surface area (Å²) in [7, 11) is 0. The smallest absolute Gasteiger partial charge is 0.306 e. The van der Waals surface area contributed by atoms with E-state index in [1.165, 1.54) is 5.57 Å². The lowest BCUT2D eigenvalue weighted by molar-refractivity contribution is -0.146. The number of rotatable bonds is 15. The minimum Gasteiger partial charge on any atom is -0.481 e. The third-order valence-corrected chi connectivity index (χ3v) is 8.28. The SMILES string of the molecule is C/C(=C/CC(N)/C(C)=C/c1csc(C)n1)CCC[C@H](C)[C@H](C)[C@@H](C)C(=O)C(C)(C)C(O)CC(=O)O. The molecule has 0 saturated carbocycles. The fourth-order valence-electron chi connectivity index (χ4n) is 4.27. The third kappa shape index (κ3) is 9.98. The summed E-state index contributed by atoms with van der Waals surface area (Å²) in [4.78, 5) is 28.5. The topological polar surface area (TPSA) is 114 Å². The van der Waals surface area contributed by atoms with Crippen molar-refractivity contribution in [1.29, 1.82) is 0 Å². The zero-order valence-electron chi connectivity index (χ0n) is 22.8. The van der Waals surface area contributed by atoms with Gasteiger partial charge in [0.1, 0.15) is 5.78 Å². The highest BCUT2D eigenvalue weighted by molar-refractivity contribution is 7.09. The molecule has 1 heterocycles. The second kappa shape index (κ2) is 14.0. The number of allylic oxidation sites excluding steroid dienone is 1. The number of aliphatic carboxylic acids is 1. The first-order valence-electron chi connectivity index (χ1n) is 12.6. The van der Waals surface area contributed by atoms with Crippen molar-refractivity contribution in [2.75, 3.05) is 0 Å². The Morgan fingerprint density at radius 3 is 2.40 bits per heavy atom. The largest absolute Gasteiger partial charge is 0.481 e. The summed E-state index contributed by atoms with van der Waals surface area (Å²) in [5.41, 5.74) is 8.68. The molecule has 1 rings (SSSR count). The minimum atomic E-state index is -1.19. The molecule has 0 aliphatic rings. The first kappa shape index (κ1) is 31.2. The molecule has 35 heavy (non-hydrogen) atoms. The number of carbonyl (C=O) groups is 2. The number of hydrogen-bond donors (Lipinski definition) is 3. The number of aromatic nitrogens is 1. The number of thiazole rings is 1. The summed E-state index contributed by atoms with van der Waals surface area (Å²) >= 11 is 1.64. The standard InChI is InChI=1S/C28H46N2O4S/c1-17(12-13-24(29)19(3)14-23-16-35-22(6)30-23)10-9-11-18(2)20(4)21(5)27(34)28(7,8)25(31)15-26(32)33/h12,14,16,18,20-21,24-25,31H,9-11,13,15,29H2,1-8H3,(H,32,33)/b17-12-,19-14+/t18-,20-,21+,24?,25?/m0/s1. The molecular weight excluding hydrogens is 460 g/mol. The van der Waals surface area contributed by atoms with Gasteiger partial charge >= 0.3 is 5.97 Å². The summed E-state index contributed by atoms with van der Waals surface area (Å²) in [6.45, 7) is 15.6. The van der Waals surface area contributed by atoms with Crippen molar-refractivity contribution in [2.45, 2.75) is 99.6 Å². The van der Waals surface area contributed by atoms with Crippen molar-refractivity contribution in [1.82, 2.24) is 4.98 Å². The van der Waals surface area contributed by atoms with Gasteiger partial charge in [0.2, 0.25) is 0 Å². The average molecular weight is 507 g/mol. The van der Waals surface area contributed by atoms with Crippen molar-refractivity contribution < 1.29 is 19.8 Å². The molecule has 2 unspecified atom stereocenters. The first-order valence-corrected chi connectivity index (χ1v) is 13.5. The van der Waals surface area contributed by atoms with Crippen LogP contribution >= 0.6 is 11.3 Å². The van der Waals surface area contributed by atoms with Crippen molar-refractivity contribution in [2.24, 2.45) is 28.9 Å². The van der Waals surface area contributed by atoms with Crippen LogP contribution in [0.2, 0.25) is 0 Å². The van der Waals surface area contributed by atoms with Gasteiger partial charge in [-0.3, -0.25) is 9.59 Å². The van der Waals surface area contributed by atoms with Crippen LogP contribution < -0.4 is 5.73 Å². The predicted octanol–water partition coefficient (Wildman–Crippen LogP) is 6.03. The number of nitrogens with zero attached hydrogens (tertiary/aromatic N) is 1. The number of aryl methyl sites for hydroxylation is 1. The van der Waals surface area contributed by atoms with E-state index in [2.05, 4.69) is 44.8 Å². The number of carboxylic acids is 1. The van der Waals surface area contributed by atoms with Gasteiger partial charge in [0.15, 0.2) is 0 Å². The molecule has 0 bridgehead atoms. The number of nitrogens with two attached hydrogens (primary N) is 1. The lowest BCUT2D eigenvalue weighted by atomic mass is 9.70. The third-order valence-electron chi connectivity index (χ3n) is 7.48. The molecule has 0 fully saturated rings. The van der Waals surface area contributed by atoms with E-state index in [4.69, 9.17) is 10.8 Å². The number of ketones is 1. The van der Waals surface area contributed by atoms with Crippen LogP contribution in [0.3, 0.4) is 0 Å². The van der Waals surface area contributed by atoms with E-state index in [-0.39, 0.29) is 23.7 Å². The molecule has 198 valence electrons. The summed E-state index contributed by atoms with van der Waals surface area (Å²) in [6.07, 6.45) is 6.47.